The molecular formula is C8H13NO3. The quantitative estimate of drug-likeness (QED) is 0.400. The maximum Gasteiger partial charge on any atom is 0.317 e. The van der Waals surface area contributed by atoms with Crippen molar-refractivity contribution in [3.05, 3.63) is 0 Å². The number of piperidine rings is 1. The summed E-state index contributed by atoms with van der Waals surface area (Å²) in [5.41, 5.74) is 0. The Hall–Kier alpha value is -0.900. The highest BCUT2D eigenvalue weighted by Gasteiger charge is 2.31. The number of methoxy groups -OCH3 is 1. The van der Waals surface area contributed by atoms with Crippen LogP contribution in [0.1, 0.15) is 6.42 Å². The Kier molecular flexibility index (Phi) is 2.81. The molecule has 1 saturated heterocycles. The fourth-order valence-electron chi connectivity index (χ4n) is 1.33. The number of esters is 1. The topological polar surface area (TPSA) is 46.6 Å². The third kappa shape index (κ3) is 1.82. The number of nitrogens with zero attached hydrogens (tertiary/aromatic N) is 1. The number of carbonyl (C=O) groups excluding carboxylic acids is 2. The standard InChI is InChI=1S/C8H13NO3/c1-9-4-3-7(10)6(5-9)8(11)12-2/h6H,3-5H2,1-2H3/t6-/m0/s1. The Labute approximate surface area is 71.5 Å². The Balaban J connectivity index is 2.60. The van der Waals surface area contributed by atoms with E-state index in [4.69, 9.17) is 0 Å². The predicted molar refractivity (Wildman–Crippen MR) is 42.6 cm³/mol. The first kappa shape index (κ1) is 9.19. The molecular weight excluding hydrogens is 158 g/mol. The van der Waals surface area contributed by atoms with Crippen LogP contribution in [0.5, 0.6) is 0 Å². The normalized spacial score (nSPS) is 25.5. The van der Waals surface area contributed by atoms with Crippen LogP contribution in [0.4, 0.5) is 0 Å². The van der Waals surface area contributed by atoms with E-state index >= 15 is 0 Å². The molecule has 68 valence electrons. The second-order valence-electron chi connectivity index (χ2n) is 3.05. The molecule has 0 aromatic heterocycles. The van der Waals surface area contributed by atoms with Crippen LogP contribution in [0.25, 0.3) is 0 Å². The van der Waals surface area contributed by atoms with E-state index in [1.54, 1.807) is 0 Å². The van der Waals surface area contributed by atoms with Gasteiger partial charge in [0.15, 0.2) is 0 Å². The van der Waals surface area contributed by atoms with Crippen molar-refractivity contribution < 1.29 is 14.3 Å². The summed E-state index contributed by atoms with van der Waals surface area (Å²) in [7, 11) is 3.20. The largest absolute Gasteiger partial charge is 0.468 e. The minimum absolute atomic E-state index is 0.0000463. The van der Waals surface area contributed by atoms with Gasteiger partial charge in [-0.15, -0.1) is 0 Å². The van der Waals surface area contributed by atoms with Crippen LogP contribution in [0.3, 0.4) is 0 Å². The van der Waals surface area contributed by atoms with Gasteiger partial charge in [-0.3, -0.25) is 9.59 Å². The van der Waals surface area contributed by atoms with E-state index in [-0.39, 0.29) is 5.78 Å². The number of hydrogen-bond acceptors (Lipinski definition) is 4. The molecule has 0 radical (unpaired) electrons. The zero-order chi connectivity index (χ0) is 9.14. The first-order valence-corrected chi connectivity index (χ1v) is 3.94. The average Bonchev–Trinajstić information content (AvgIpc) is 2.08. The zero-order valence-corrected chi connectivity index (χ0v) is 7.37. The van der Waals surface area contributed by atoms with Gasteiger partial charge in [0.25, 0.3) is 0 Å². The highest BCUT2D eigenvalue weighted by Crippen LogP contribution is 2.12. The highest BCUT2D eigenvalue weighted by molar-refractivity contribution is 5.99. The van der Waals surface area contributed by atoms with Crippen molar-refractivity contribution in [2.45, 2.75) is 6.42 Å². The molecule has 1 aliphatic heterocycles. The van der Waals surface area contributed by atoms with Crippen LogP contribution in [0.15, 0.2) is 0 Å². The van der Waals surface area contributed by atoms with E-state index in [0.717, 1.165) is 6.54 Å². The number of Topliss-reactive ketones (excluding diaryl/α,β-unsaturated/α-hetero) is 1. The van der Waals surface area contributed by atoms with E-state index in [2.05, 4.69) is 4.74 Å². The lowest BCUT2D eigenvalue weighted by atomic mass is 9.97. The molecule has 1 fully saturated rings. The highest BCUT2D eigenvalue weighted by atomic mass is 16.5. The number of hydrogen-bond donors (Lipinski definition) is 0. The Morgan fingerprint density at radius 1 is 1.67 bits per heavy atom. The number of ketones is 1. The third-order valence-electron chi connectivity index (χ3n) is 2.11. The molecule has 0 N–H and O–H groups in total. The second-order valence-corrected chi connectivity index (χ2v) is 3.05. The lowest BCUT2D eigenvalue weighted by molar-refractivity contribution is -0.151. The molecule has 0 amide bonds. The van der Waals surface area contributed by atoms with Gasteiger partial charge in [0, 0.05) is 19.5 Å². The summed E-state index contributed by atoms with van der Waals surface area (Å²) in [6.07, 6.45) is 0.455. The maximum absolute atomic E-state index is 11.2. The van der Waals surface area contributed by atoms with E-state index in [1.165, 1.54) is 7.11 Å². The fraction of sp³-hybridized carbons (Fsp3) is 0.750. The first-order chi connectivity index (χ1) is 5.65. The molecule has 4 nitrogen and oxygen atoms in total. The van der Waals surface area contributed by atoms with Gasteiger partial charge < -0.3 is 9.64 Å². The number of rotatable bonds is 1. The van der Waals surface area contributed by atoms with Crippen LogP contribution in [-0.2, 0) is 14.3 Å². The summed E-state index contributed by atoms with van der Waals surface area (Å²) < 4.78 is 4.52. The molecule has 0 aromatic carbocycles. The van der Waals surface area contributed by atoms with Crippen molar-refractivity contribution in [3.63, 3.8) is 0 Å². The van der Waals surface area contributed by atoms with Gasteiger partial charge in [-0.05, 0) is 7.05 Å². The van der Waals surface area contributed by atoms with Gasteiger partial charge in [-0.25, -0.2) is 0 Å². The summed E-state index contributed by atoms with van der Waals surface area (Å²) in [5, 5.41) is 0. The second kappa shape index (κ2) is 3.67. The minimum atomic E-state index is -0.561. The SMILES string of the molecule is COC(=O)[C@H]1CN(C)CCC1=O. The van der Waals surface area contributed by atoms with Gasteiger partial charge in [-0.1, -0.05) is 0 Å². The van der Waals surface area contributed by atoms with Gasteiger partial charge in [0.1, 0.15) is 11.7 Å². The van der Waals surface area contributed by atoms with Gasteiger partial charge in [0.05, 0.1) is 7.11 Å². The molecule has 0 unspecified atom stereocenters. The van der Waals surface area contributed by atoms with E-state index < -0.39 is 11.9 Å². The number of ether oxygens (including phenoxy) is 1. The Morgan fingerprint density at radius 2 is 2.33 bits per heavy atom. The summed E-state index contributed by atoms with van der Waals surface area (Å²) in [5.74, 6) is -0.972. The van der Waals surface area contributed by atoms with Crippen LogP contribution in [-0.4, -0.2) is 43.9 Å². The molecule has 0 aromatic rings. The lowest BCUT2D eigenvalue weighted by Gasteiger charge is -2.26. The minimum Gasteiger partial charge on any atom is -0.468 e. The van der Waals surface area contributed by atoms with Crippen LogP contribution in [0, 0.1) is 5.92 Å². The zero-order valence-electron chi connectivity index (χ0n) is 7.37. The molecule has 1 heterocycles. The average molecular weight is 171 g/mol. The molecule has 1 aliphatic rings. The number of carbonyl (C=O) groups is 2. The summed E-state index contributed by atoms with van der Waals surface area (Å²) in [6.45, 7) is 1.23. The van der Waals surface area contributed by atoms with E-state index in [1.807, 2.05) is 11.9 Å². The van der Waals surface area contributed by atoms with Crippen molar-refractivity contribution >= 4 is 11.8 Å². The molecule has 12 heavy (non-hydrogen) atoms. The molecule has 1 atom stereocenters. The maximum atomic E-state index is 11.2. The van der Waals surface area contributed by atoms with Gasteiger partial charge >= 0.3 is 5.97 Å². The van der Waals surface area contributed by atoms with Crippen LogP contribution >= 0.6 is 0 Å². The van der Waals surface area contributed by atoms with Crippen molar-refractivity contribution in [2.75, 3.05) is 27.2 Å². The van der Waals surface area contributed by atoms with Crippen molar-refractivity contribution in [3.8, 4) is 0 Å². The smallest absolute Gasteiger partial charge is 0.317 e. The van der Waals surface area contributed by atoms with Crippen molar-refractivity contribution in [1.29, 1.82) is 0 Å². The van der Waals surface area contributed by atoms with Crippen LogP contribution in [0.2, 0.25) is 0 Å². The van der Waals surface area contributed by atoms with Gasteiger partial charge in [0.2, 0.25) is 0 Å². The molecule has 0 spiro atoms. The Morgan fingerprint density at radius 3 is 2.92 bits per heavy atom. The predicted octanol–water partition coefficient (Wildman–Crippen LogP) is -0.320. The van der Waals surface area contributed by atoms with Crippen molar-refractivity contribution in [2.24, 2.45) is 5.92 Å². The molecule has 0 aliphatic carbocycles. The molecule has 0 saturated carbocycles. The molecule has 4 heteroatoms. The molecule has 0 bridgehead atoms. The third-order valence-corrected chi connectivity index (χ3v) is 2.11. The first-order valence-electron chi connectivity index (χ1n) is 3.94. The fourth-order valence-corrected chi connectivity index (χ4v) is 1.33. The van der Waals surface area contributed by atoms with E-state index in [0.29, 0.717) is 13.0 Å². The summed E-state index contributed by atoms with van der Waals surface area (Å²) in [4.78, 5) is 24.2. The Bertz CT molecular complexity index is 194. The van der Waals surface area contributed by atoms with E-state index in [9.17, 15) is 9.59 Å². The van der Waals surface area contributed by atoms with Crippen molar-refractivity contribution in [1.82, 2.24) is 4.90 Å². The lowest BCUT2D eigenvalue weighted by Crippen LogP contribution is -2.42. The van der Waals surface area contributed by atoms with Gasteiger partial charge in [-0.2, -0.15) is 0 Å². The summed E-state index contributed by atoms with van der Waals surface area (Å²) >= 11 is 0. The van der Waals surface area contributed by atoms with Crippen LogP contribution < -0.4 is 0 Å². The number of likely N-dealkylation sites (tertiary alicyclic amines) is 1. The monoisotopic (exact) mass is 171 g/mol. The summed E-state index contributed by atoms with van der Waals surface area (Å²) in [6, 6.07) is 0. The molecule has 1 rings (SSSR count).